The Morgan fingerprint density at radius 3 is 2.48 bits per heavy atom. The van der Waals surface area contributed by atoms with Gasteiger partial charge in [-0.25, -0.2) is 4.99 Å². The number of nitrogens with zero attached hydrogens (tertiary/aromatic N) is 2. The van der Waals surface area contributed by atoms with E-state index in [0.29, 0.717) is 13.3 Å². The van der Waals surface area contributed by atoms with Crippen LogP contribution in [-0.4, -0.2) is 39.9 Å². The van der Waals surface area contributed by atoms with Gasteiger partial charge in [0.2, 0.25) is 6.79 Å². The lowest BCUT2D eigenvalue weighted by molar-refractivity contribution is 0.174. The van der Waals surface area contributed by atoms with Gasteiger partial charge in [0.25, 0.3) is 0 Å². The van der Waals surface area contributed by atoms with Gasteiger partial charge in [-0.3, -0.25) is 0 Å². The smallest absolute Gasteiger partial charge is 0.231 e. The van der Waals surface area contributed by atoms with Gasteiger partial charge in [-0.15, -0.1) is 0 Å². The minimum absolute atomic E-state index is 0.309. The molecule has 6 heteroatoms. The fourth-order valence-corrected chi connectivity index (χ4v) is 2.83. The molecule has 0 atom stereocenters. The summed E-state index contributed by atoms with van der Waals surface area (Å²) in [5, 5.41) is 6.69. The molecule has 0 radical (unpaired) electrons. The van der Waals surface area contributed by atoms with Crippen LogP contribution < -0.4 is 25.0 Å². The van der Waals surface area contributed by atoms with Crippen molar-refractivity contribution in [2.75, 3.05) is 38.9 Å². The summed E-state index contributed by atoms with van der Waals surface area (Å²) in [7, 11) is 4.08. The molecule has 2 N–H and O–H groups in total. The van der Waals surface area contributed by atoms with Crippen molar-refractivity contribution < 1.29 is 9.47 Å². The molecule has 0 aromatic heterocycles. The summed E-state index contributed by atoms with van der Waals surface area (Å²) >= 11 is 0. The second-order valence-electron chi connectivity index (χ2n) is 6.62. The van der Waals surface area contributed by atoms with Crippen molar-refractivity contribution in [1.82, 2.24) is 10.6 Å². The number of rotatable bonds is 7. The number of fused-ring (bicyclic) bond motifs is 1. The summed E-state index contributed by atoms with van der Waals surface area (Å²) in [5.41, 5.74) is 3.59. The number of hydrogen-bond acceptors (Lipinski definition) is 4. The van der Waals surface area contributed by atoms with Gasteiger partial charge in [-0.2, -0.15) is 0 Å². The second-order valence-corrected chi connectivity index (χ2v) is 6.62. The molecular weight excluding hydrogens is 340 g/mol. The van der Waals surface area contributed by atoms with Crippen molar-refractivity contribution in [2.45, 2.75) is 19.9 Å². The van der Waals surface area contributed by atoms with E-state index in [1.807, 2.05) is 26.2 Å². The molecule has 0 unspecified atom stereocenters. The molecule has 0 saturated heterocycles. The maximum Gasteiger partial charge on any atom is 0.231 e. The van der Waals surface area contributed by atoms with Crippen LogP contribution in [0.2, 0.25) is 0 Å². The van der Waals surface area contributed by atoms with Crippen LogP contribution in [0, 0.1) is 0 Å². The van der Waals surface area contributed by atoms with E-state index in [1.165, 1.54) is 16.8 Å². The van der Waals surface area contributed by atoms with Crippen LogP contribution >= 0.6 is 0 Å². The lowest BCUT2D eigenvalue weighted by Crippen LogP contribution is -2.38. The molecule has 1 aliphatic heterocycles. The number of anilines is 1. The SMILES string of the molecule is CCNC(=NCc1ccc(N(C)C)cc1)NCCc1ccc2c(c1)OCO2. The lowest BCUT2D eigenvalue weighted by Gasteiger charge is -2.13. The Bertz CT molecular complexity index is 772. The summed E-state index contributed by atoms with van der Waals surface area (Å²) < 4.78 is 10.8. The largest absolute Gasteiger partial charge is 0.454 e. The number of guanidine groups is 1. The monoisotopic (exact) mass is 368 g/mol. The molecule has 27 heavy (non-hydrogen) atoms. The zero-order chi connectivity index (χ0) is 19.1. The van der Waals surface area contributed by atoms with Crippen molar-refractivity contribution in [3.05, 3.63) is 53.6 Å². The van der Waals surface area contributed by atoms with Gasteiger partial charge in [0.1, 0.15) is 0 Å². The van der Waals surface area contributed by atoms with Crippen molar-refractivity contribution in [3.63, 3.8) is 0 Å². The molecular formula is C21H28N4O2. The molecule has 0 spiro atoms. The topological polar surface area (TPSA) is 58.1 Å². The average Bonchev–Trinajstić information content (AvgIpc) is 3.14. The number of aliphatic imine (C=N–C) groups is 1. The third-order valence-corrected chi connectivity index (χ3v) is 4.36. The molecule has 1 aliphatic rings. The van der Waals surface area contributed by atoms with E-state index in [2.05, 4.69) is 57.8 Å². The fourth-order valence-electron chi connectivity index (χ4n) is 2.83. The van der Waals surface area contributed by atoms with E-state index >= 15 is 0 Å². The molecule has 0 amide bonds. The van der Waals surface area contributed by atoms with Crippen LogP contribution in [0.5, 0.6) is 11.5 Å². The molecule has 2 aromatic rings. The molecule has 6 nitrogen and oxygen atoms in total. The van der Waals surface area contributed by atoms with E-state index in [0.717, 1.165) is 37.0 Å². The van der Waals surface area contributed by atoms with Crippen molar-refractivity contribution in [2.24, 2.45) is 4.99 Å². The molecule has 0 bridgehead atoms. The van der Waals surface area contributed by atoms with Gasteiger partial charge >= 0.3 is 0 Å². The van der Waals surface area contributed by atoms with Gasteiger partial charge in [0, 0.05) is 32.9 Å². The van der Waals surface area contributed by atoms with Crippen molar-refractivity contribution in [1.29, 1.82) is 0 Å². The van der Waals surface area contributed by atoms with E-state index < -0.39 is 0 Å². The maximum absolute atomic E-state index is 5.43. The molecule has 3 rings (SSSR count). The fraction of sp³-hybridized carbons (Fsp3) is 0.381. The summed E-state index contributed by atoms with van der Waals surface area (Å²) in [4.78, 5) is 6.78. The Kier molecular flexibility index (Phi) is 6.41. The standard InChI is InChI=1S/C21H28N4O2/c1-4-22-21(24-14-17-5-8-18(9-6-17)25(2)3)23-12-11-16-7-10-19-20(13-16)27-15-26-19/h5-10,13H,4,11-12,14-15H2,1-3H3,(H2,22,23,24). The Morgan fingerprint density at radius 2 is 1.74 bits per heavy atom. The van der Waals surface area contributed by atoms with Gasteiger partial charge in [-0.1, -0.05) is 18.2 Å². The first-order chi connectivity index (χ1) is 13.2. The van der Waals surface area contributed by atoms with E-state index in [1.54, 1.807) is 0 Å². The average molecular weight is 368 g/mol. The first kappa shape index (κ1) is 18.9. The third-order valence-electron chi connectivity index (χ3n) is 4.36. The van der Waals surface area contributed by atoms with Gasteiger partial charge in [0.15, 0.2) is 17.5 Å². The second kappa shape index (κ2) is 9.16. The first-order valence-electron chi connectivity index (χ1n) is 9.32. The first-order valence-corrected chi connectivity index (χ1v) is 9.32. The van der Waals surface area contributed by atoms with Crippen LogP contribution in [-0.2, 0) is 13.0 Å². The van der Waals surface area contributed by atoms with E-state index in [-0.39, 0.29) is 0 Å². The van der Waals surface area contributed by atoms with E-state index in [4.69, 9.17) is 9.47 Å². The van der Waals surface area contributed by atoms with Crippen LogP contribution in [0.15, 0.2) is 47.5 Å². The Morgan fingerprint density at radius 1 is 1.00 bits per heavy atom. The van der Waals surface area contributed by atoms with E-state index in [9.17, 15) is 0 Å². The predicted molar refractivity (Wildman–Crippen MR) is 110 cm³/mol. The van der Waals surface area contributed by atoms with Crippen molar-refractivity contribution >= 4 is 11.6 Å². The zero-order valence-electron chi connectivity index (χ0n) is 16.3. The summed E-state index contributed by atoms with van der Waals surface area (Å²) in [6.45, 7) is 4.65. The molecule has 144 valence electrons. The number of benzene rings is 2. The minimum Gasteiger partial charge on any atom is -0.454 e. The summed E-state index contributed by atoms with van der Waals surface area (Å²) in [6.07, 6.45) is 0.887. The van der Waals surface area contributed by atoms with Crippen LogP contribution in [0.1, 0.15) is 18.1 Å². The van der Waals surface area contributed by atoms with Crippen LogP contribution in [0.25, 0.3) is 0 Å². The van der Waals surface area contributed by atoms with Gasteiger partial charge < -0.3 is 25.0 Å². The molecule has 2 aromatic carbocycles. The number of nitrogens with one attached hydrogen (secondary N) is 2. The number of hydrogen-bond donors (Lipinski definition) is 2. The highest BCUT2D eigenvalue weighted by molar-refractivity contribution is 5.79. The van der Waals surface area contributed by atoms with Gasteiger partial charge in [-0.05, 0) is 48.7 Å². The normalized spacial score (nSPS) is 12.8. The Labute approximate surface area is 161 Å². The Hall–Kier alpha value is -2.89. The third kappa shape index (κ3) is 5.29. The predicted octanol–water partition coefficient (Wildman–Crippen LogP) is 2.78. The lowest BCUT2D eigenvalue weighted by atomic mass is 10.1. The Balaban J connectivity index is 1.52. The highest BCUT2D eigenvalue weighted by atomic mass is 16.7. The maximum atomic E-state index is 5.43. The highest BCUT2D eigenvalue weighted by Crippen LogP contribution is 2.32. The minimum atomic E-state index is 0.309. The van der Waals surface area contributed by atoms with Crippen LogP contribution in [0.4, 0.5) is 5.69 Å². The molecule has 0 fully saturated rings. The van der Waals surface area contributed by atoms with Crippen LogP contribution in [0.3, 0.4) is 0 Å². The number of ether oxygens (including phenoxy) is 2. The molecule has 0 aliphatic carbocycles. The molecule has 0 saturated carbocycles. The summed E-state index contributed by atoms with van der Waals surface area (Å²) in [5.74, 6) is 2.48. The highest BCUT2D eigenvalue weighted by Gasteiger charge is 2.12. The van der Waals surface area contributed by atoms with Gasteiger partial charge in [0.05, 0.1) is 6.54 Å². The molecule has 1 heterocycles. The zero-order valence-corrected chi connectivity index (χ0v) is 16.3. The summed E-state index contributed by atoms with van der Waals surface area (Å²) in [6, 6.07) is 14.6. The quantitative estimate of drug-likeness (QED) is 0.581. The van der Waals surface area contributed by atoms with Crippen molar-refractivity contribution in [3.8, 4) is 11.5 Å².